The van der Waals surface area contributed by atoms with Gasteiger partial charge in [-0.2, -0.15) is 0 Å². The molecule has 24 heavy (non-hydrogen) atoms. The quantitative estimate of drug-likeness (QED) is 0.829. The van der Waals surface area contributed by atoms with Gasteiger partial charge in [-0.05, 0) is 33.1 Å². The second kappa shape index (κ2) is 7.09. The molecular weight excluding hydrogens is 333 g/mol. The van der Waals surface area contributed by atoms with E-state index in [9.17, 15) is 17.6 Å². The number of rotatable bonds is 4. The van der Waals surface area contributed by atoms with E-state index in [0.29, 0.717) is 13.0 Å². The van der Waals surface area contributed by atoms with Gasteiger partial charge >= 0.3 is 6.09 Å². The van der Waals surface area contributed by atoms with Gasteiger partial charge in [-0.25, -0.2) is 17.6 Å². The van der Waals surface area contributed by atoms with Gasteiger partial charge in [0.15, 0.2) is 9.84 Å². The molecule has 1 unspecified atom stereocenters. The van der Waals surface area contributed by atoms with Crippen LogP contribution in [0.15, 0.2) is 30.3 Å². The van der Waals surface area contributed by atoms with Crippen LogP contribution in [0, 0.1) is 5.92 Å². The summed E-state index contributed by atoms with van der Waals surface area (Å²) in [5.41, 5.74) is -2.49. The largest absolute Gasteiger partial charge is 0.444 e. The molecule has 1 amide bonds. The summed E-state index contributed by atoms with van der Waals surface area (Å²) in [7, 11) is -3.93. The number of benzene rings is 1. The van der Waals surface area contributed by atoms with Gasteiger partial charge in [0.25, 0.3) is 0 Å². The van der Waals surface area contributed by atoms with Crippen LogP contribution in [0.25, 0.3) is 0 Å². The molecule has 1 aromatic carbocycles. The maximum Gasteiger partial charge on any atom is 0.410 e. The second-order valence-corrected chi connectivity index (χ2v) is 9.21. The van der Waals surface area contributed by atoms with Crippen molar-refractivity contribution in [3.63, 3.8) is 0 Å². The topological polar surface area (TPSA) is 63.7 Å². The lowest BCUT2D eigenvalue weighted by Gasteiger charge is -2.24. The Balaban J connectivity index is 1.96. The third-order valence-electron chi connectivity index (χ3n) is 3.78. The van der Waals surface area contributed by atoms with E-state index in [1.165, 1.54) is 17.0 Å². The highest BCUT2D eigenvalue weighted by Gasteiger charge is 2.35. The Morgan fingerprint density at radius 1 is 1.33 bits per heavy atom. The number of carbonyl (C=O) groups excluding carboxylic acids is 1. The zero-order valence-electron chi connectivity index (χ0n) is 14.2. The first-order chi connectivity index (χ1) is 11.1. The summed E-state index contributed by atoms with van der Waals surface area (Å²) in [5, 5.41) is 0. The number of ether oxygens (including phenoxy) is 1. The molecule has 134 valence electrons. The molecule has 1 fully saturated rings. The minimum absolute atomic E-state index is 0.138. The molecule has 1 saturated heterocycles. The molecule has 0 saturated carbocycles. The van der Waals surface area contributed by atoms with Crippen molar-refractivity contribution >= 4 is 15.9 Å². The minimum atomic E-state index is -3.93. The molecule has 0 aliphatic carbocycles. The number of halogens is 1. The van der Waals surface area contributed by atoms with Crippen molar-refractivity contribution in [1.29, 1.82) is 0 Å². The number of sulfone groups is 1. The van der Waals surface area contributed by atoms with E-state index in [1.807, 2.05) is 0 Å². The Bertz CT molecular complexity index is 670. The molecule has 2 atom stereocenters. The summed E-state index contributed by atoms with van der Waals surface area (Å²) >= 11 is 0. The average molecular weight is 357 g/mol. The van der Waals surface area contributed by atoms with Gasteiger partial charge in [-0.15, -0.1) is 0 Å². The average Bonchev–Trinajstić information content (AvgIpc) is 2.93. The standard InChI is InChI=1S/C17H24FNO4S/c1-17(2,3)23-16(20)19-10-9-13(11-19)12-24(21,22)15(18)14-7-5-4-6-8-14/h4-8,13,15H,9-12H2,1-3H3/t13-,15?/m1/s1. The van der Waals surface area contributed by atoms with Crippen molar-refractivity contribution in [2.75, 3.05) is 18.8 Å². The smallest absolute Gasteiger partial charge is 0.410 e. The van der Waals surface area contributed by atoms with Crippen LogP contribution in [-0.2, 0) is 14.6 Å². The Kier molecular flexibility index (Phi) is 5.52. The molecule has 0 N–H and O–H groups in total. The summed E-state index contributed by atoms with van der Waals surface area (Å²) in [6.45, 7) is 6.02. The number of alkyl halides is 1. The molecule has 1 aliphatic heterocycles. The van der Waals surface area contributed by atoms with Crippen LogP contribution >= 0.6 is 0 Å². The maximum absolute atomic E-state index is 14.4. The molecule has 1 aromatic rings. The van der Waals surface area contributed by atoms with Crippen LogP contribution in [0.5, 0.6) is 0 Å². The number of likely N-dealkylation sites (tertiary alicyclic amines) is 1. The molecule has 2 rings (SSSR count). The van der Waals surface area contributed by atoms with E-state index in [0.717, 1.165) is 0 Å². The zero-order chi connectivity index (χ0) is 18.0. The van der Waals surface area contributed by atoms with E-state index in [2.05, 4.69) is 0 Å². The van der Waals surface area contributed by atoms with E-state index in [1.54, 1.807) is 39.0 Å². The SMILES string of the molecule is CC(C)(C)OC(=O)N1CC[C@@H](CS(=O)(=O)C(F)c2ccccc2)C1. The summed E-state index contributed by atoms with van der Waals surface area (Å²) in [6.07, 6.45) is 0.0715. The van der Waals surface area contributed by atoms with Crippen molar-refractivity contribution < 1.29 is 22.3 Å². The summed E-state index contributed by atoms with van der Waals surface area (Å²) in [6, 6.07) is 7.85. The van der Waals surface area contributed by atoms with E-state index >= 15 is 0 Å². The Hall–Kier alpha value is -1.63. The Labute approximate surface area is 142 Å². The lowest BCUT2D eigenvalue weighted by Crippen LogP contribution is -2.35. The van der Waals surface area contributed by atoms with Crippen LogP contribution in [0.4, 0.5) is 9.18 Å². The molecule has 0 bridgehead atoms. The minimum Gasteiger partial charge on any atom is -0.444 e. The Morgan fingerprint density at radius 2 is 1.96 bits per heavy atom. The molecule has 5 nitrogen and oxygen atoms in total. The van der Waals surface area contributed by atoms with Gasteiger partial charge in [0.05, 0.1) is 5.75 Å². The van der Waals surface area contributed by atoms with Crippen molar-refractivity contribution in [2.24, 2.45) is 5.92 Å². The predicted octanol–water partition coefficient (Wildman–Crippen LogP) is 3.33. The number of hydrogen-bond donors (Lipinski definition) is 0. The highest BCUT2D eigenvalue weighted by molar-refractivity contribution is 7.91. The van der Waals surface area contributed by atoms with Gasteiger partial charge in [0, 0.05) is 18.7 Å². The van der Waals surface area contributed by atoms with E-state index < -0.39 is 27.0 Å². The van der Waals surface area contributed by atoms with Crippen LogP contribution in [0.2, 0.25) is 0 Å². The first-order valence-corrected chi connectivity index (χ1v) is 9.68. The number of hydrogen-bond acceptors (Lipinski definition) is 4. The normalized spacial score (nSPS) is 20.0. The van der Waals surface area contributed by atoms with Gasteiger partial charge in [-0.1, -0.05) is 30.3 Å². The lowest BCUT2D eigenvalue weighted by atomic mass is 10.2. The van der Waals surface area contributed by atoms with Crippen LogP contribution < -0.4 is 0 Å². The lowest BCUT2D eigenvalue weighted by molar-refractivity contribution is 0.0289. The molecular formula is C17H24FNO4S. The van der Waals surface area contributed by atoms with Gasteiger partial charge in [0.1, 0.15) is 5.60 Å². The first-order valence-electron chi connectivity index (χ1n) is 7.97. The highest BCUT2D eigenvalue weighted by Crippen LogP contribution is 2.29. The monoisotopic (exact) mass is 357 g/mol. The van der Waals surface area contributed by atoms with E-state index in [-0.39, 0.29) is 23.8 Å². The molecule has 0 radical (unpaired) electrons. The first kappa shape index (κ1) is 18.7. The maximum atomic E-state index is 14.4. The predicted molar refractivity (Wildman–Crippen MR) is 90.0 cm³/mol. The van der Waals surface area contributed by atoms with Crippen LogP contribution in [0.1, 0.15) is 38.3 Å². The fourth-order valence-electron chi connectivity index (χ4n) is 2.69. The van der Waals surface area contributed by atoms with Crippen molar-refractivity contribution in [2.45, 2.75) is 38.3 Å². The van der Waals surface area contributed by atoms with E-state index in [4.69, 9.17) is 4.74 Å². The zero-order valence-corrected chi connectivity index (χ0v) is 15.1. The number of nitrogens with zero attached hydrogens (tertiary/aromatic N) is 1. The molecule has 0 spiro atoms. The fraction of sp³-hybridized carbons (Fsp3) is 0.588. The highest BCUT2D eigenvalue weighted by atomic mass is 32.2. The molecule has 1 heterocycles. The number of carbonyl (C=O) groups is 1. The summed E-state index contributed by atoms with van der Waals surface area (Å²) in [5.74, 6) is -0.549. The molecule has 7 heteroatoms. The van der Waals surface area contributed by atoms with Gasteiger partial charge in [0.2, 0.25) is 5.50 Å². The van der Waals surface area contributed by atoms with Crippen LogP contribution in [-0.4, -0.2) is 43.9 Å². The molecule has 1 aliphatic rings. The van der Waals surface area contributed by atoms with Crippen molar-refractivity contribution in [3.05, 3.63) is 35.9 Å². The molecule has 0 aromatic heterocycles. The third-order valence-corrected chi connectivity index (χ3v) is 5.62. The second-order valence-electron chi connectivity index (χ2n) is 7.14. The van der Waals surface area contributed by atoms with Gasteiger partial charge in [-0.3, -0.25) is 0 Å². The van der Waals surface area contributed by atoms with Crippen molar-refractivity contribution in [1.82, 2.24) is 4.90 Å². The fourth-order valence-corrected chi connectivity index (χ4v) is 4.36. The number of amides is 1. The summed E-state index contributed by atoms with van der Waals surface area (Å²) < 4.78 is 44.2. The van der Waals surface area contributed by atoms with Crippen LogP contribution in [0.3, 0.4) is 0 Å². The Morgan fingerprint density at radius 3 is 2.54 bits per heavy atom. The van der Waals surface area contributed by atoms with Crippen molar-refractivity contribution in [3.8, 4) is 0 Å². The third kappa shape index (κ3) is 4.93. The summed E-state index contributed by atoms with van der Waals surface area (Å²) in [4.78, 5) is 13.5. The van der Waals surface area contributed by atoms with Gasteiger partial charge < -0.3 is 9.64 Å².